The van der Waals surface area contributed by atoms with E-state index < -0.39 is 6.10 Å². The van der Waals surface area contributed by atoms with Crippen molar-refractivity contribution in [2.75, 3.05) is 14.2 Å². The maximum absolute atomic E-state index is 12.1. The molecule has 0 amide bonds. The van der Waals surface area contributed by atoms with Crippen molar-refractivity contribution in [3.63, 3.8) is 0 Å². The molecule has 0 radical (unpaired) electrons. The van der Waals surface area contributed by atoms with Crippen LogP contribution in [-0.2, 0) is 9.53 Å². The summed E-state index contributed by atoms with van der Waals surface area (Å²) in [6.07, 6.45) is 3.47. The van der Waals surface area contributed by atoms with Crippen LogP contribution in [0.1, 0.15) is 17.5 Å². The van der Waals surface area contributed by atoms with Crippen molar-refractivity contribution in [1.82, 2.24) is 4.90 Å². The largest absolute Gasteiger partial charge is 0.370 e. The van der Waals surface area contributed by atoms with Crippen LogP contribution < -0.4 is 0 Å². The molecule has 1 aliphatic heterocycles. The minimum Gasteiger partial charge on any atom is -0.370 e. The van der Waals surface area contributed by atoms with E-state index in [1.54, 1.807) is 4.90 Å². The third-order valence-corrected chi connectivity index (χ3v) is 4.25. The SMILES string of the molecule is COC1C=C2C(=CN(C)C(C#N)=C2c2ccc(C)cc2)CC1=O. The van der Waals surface area contributed by atoms with Crippen LogP contribution in [0.2, 0.25) is 0 Å². The van der Waals surface area contributed by atoms with Gasteiger partial charge in [-0.15, -0.1) is 0 Å². The molecule has 1 aliphatic carbocycles. The first-order chi connectivity index (χ1) is 11.0. The minimum atomic E-state index is -0.550. The van der Waals surface area contributed by atoms with Crippen LogP contribution in [0.15, 0.2) is 53.4 Å². The molecule has 0 fully saturated rings. The lowest BCUT2D eigenvalue weighted by Crippen LogP contribution is -2.29. The average Bonchev–Trinajstić information content (AvgIpc) is 2.54. The van der Waals surface area contributed by atoms with Crippen molar-refractivity contribution >= 4 is 11.4 Å². The van der Waals surface area contributed by atoms with Gasteiger partial charge >= 0.3 is 0 Å². The summed E-state index contributed by atoms with van der Waals surface area (Å²) >= 11 is 0. The van der Waals surface area contributed by atoms with E-state index in [1.165, 1.54) is 7.11 Å². The Labute approximate surface area is 136 Å². The fourth-order valence-corrected chi connectivity index (χ4v) is 3.04. The Morgan fingerprint density at radius 3 is 2.61 bits per heavy atom. The lowest BCUT2D eigenvalue weighted by Gasteiger charge is -2.31. The van der Waals surface area contributed by atoms with Crippen LogP contribution in [0, 0.1) is 18.3 Å². The number of Topliss-reactive ketones (excluding diaryl/α,β-unsaturated/α-hetero) is 1. The number of hydrogen-bond acceptors (Lipinski definition) is 4. The lowest BCUT2D eigenvalue weighted by atomic mass is 9.81. The highest BCUT2D eigenvalue weighted by Gasteiger charge is 2.32. The van der Waals surface area contributed by atoms with Gasteiger partial charge in [-0.05, 0) is 29.7 Å². The van der Waals surface area contributed by atoms with Gasteiger partial charge in [-0.1, -0.05) is 29.8 Å². The fourth-order valence-electron chi connectivity index (χ4n) is 3.04. The molecular formula is C19H18N2O2. The predicted octanol–water partition coefficient (Wildman–Crippen LogP) is 2.97. The monoisotopic (exact) mass is 306 g/mol. The highest BCUT2D eigenvalue weighted by atomic mass is 16.5. The molecule has 23 heavy (non-hydrogen) atoms. The normalized spacial score (nSPS) is 20.7. The summed E-state index contributed by atoms with van der Waals surface area (Å²) in [5, 5.41) is 9.61. The summed E-state index contributed by atoms with van der Waals surface area (Å²) in [6.45, 7) is 2.03. The minimum absolute atomic E-state index is 0.0413. The lowest BCUT2D eigenvalue weighted by molar-refractivity contribution is -0.125. The molecule has 0 saturated carbocycles. The molecule has 4 nitrogen and oxygen atoms in total. The molecule has 0 bridgehead atoms. The zero-order chi connectivity index (χ0) is 16.6. The van der Waals surface area contributed by atoms with E-state index >= 15 is 0 Å². The van der Waals surface area contributed by atoms with Crippen molar-refractivity contribution in [2.24, 2.45) is 0 Å². The van der Waals surface area contributed by atoms with Crippen LogP contribution in [-0.4, -0.2) is 30.9 Å². The van der Waals surface area contributed by atoms with Gasteiger partial charge in [0.25, 0.3) is 0 Å². The number of benzene rings is 1. The summed E-state index contributed by atoms with van der Waals surface area (Å²) in [5.74, 6) is 0.0413. The second kappa shape index (κ2) is 5.86. The number of ether oxygens (including phenoxy) is 1. The molecule has 116 valence electrons. The van der Waals surface area contributed by atoms with Gasteiger partial charge in [0.05, 0.1) is 0 Å². The van der Waals surface area contributed by atoms with Crippen LogP contribution >= 0.6 is 0 Å². The molecular weight excluding hydrogens is 288 g/mol. The van der Waals surface area contributed by atoms with E-state index in [2.05, 4.69) is 6.07 Å². The molecule has 1 heterocycles. The Morgan fingerprint density at radius 2 is 2.00 bits per heavy atom. The quantitative estimate of drug-likeness (QED) is 0.843. The van der Waals surface area contributed by atoms with Gasteiger partial charge in [-0.25, -0.2) is 0 Å². The fraction of sp³-hybridized carbons (Fsp3) is 0.263. The number of nitrogens with zero attached hydrogens (tertiary/aromatic N) is 2. The number of methoxy groups -OCH3 is 1. The van der Waals surface area contributed by atoms with Crippen molar-refractivity contribution in [2.45, 2.75) is 19.4 Å². The average molecular weight is 306 g/mol. The van der Waals surface area contributed by atoms with E-state index in [0.29, 0.717) is 12.1 Å². The topological polar surface area (TPSA) is 53.3 Å². The first-order valence-corrected chi connectivity index (χ1v) is 7.48. The van der Waals surface area contributed by atoms with Crippen molar-refractivity contribution in [1.29, 1.82) is 5.26 Å². The van der Waals surface area contributed by atoms with E-state index in [0.717, 1.165) is 27.8 Å². The molecule has 0 aromatic heterocycles. The summed E-state index contributed by atoms with van der Waals surface area (Å²) in [5.41, 5.74) is 5.43. The van der Waals surface area contributed by atoms with E-state index in [1.807, 2.05) is 50.5 Å². The summed E-state index contributed by atoms with van der Waals surface area (Å²) in [6, 6.07) is 10.4. The van der Waals surface area contributed by atoms with Crippen molar-refractivity contribution in [3.05, 3.63) is 64.5 Å². The zero-order valence-corrected chi connectivity index (χ0v) is 13.5. The molecule has 1 aromatic carbocycles. The predicted molar refractivity (Wildman–Crippen MR) is 88.1 cm³/mol. The van der Waals surface area contributed by atoms with Crippen LogP contribution in [0.3, 0.4) is 0 Å². The third-order valence-electron chi connectivity index (χ3n) is 4.25. The summed E-state index contributed by atoms with van der Waals surface area (Å²) in [4.78, 5) is 13.9. The standard InChI is InChI=1S/C19H18N2O2/c1-12-4-6-13(7-5-12)19-15-9-18(23-3)17(22)8-14(15)11-21(2)16(19)10-20/h4-7,9,11,18H,8H2,1-3H3. The Bertz CT molecular complexity index is 792. The van der Waals surface area contributed by atoms with E-state index in [-0.39, 0.29) is 5.78 Å². The van der Waals surface area contributed by atoms with Gasteiger partial charge in [0.1, 0.15) is 17.9 Å². The second-order valence-corrected chi connectivity index (χ2v) is 5.85. The molecule has 0 N–H and O–H groups in total. The molecule has 1 atom stereocenters. The van der Waals surface area contributed by atoms with Gasteiger partial charge in [-0.2, -0.15) is 5.26 Å². The highest BCUT2D eigenvalue weighted by molar-refractivity contribution is 5.98. The van der Waals surface area contributed by atoms with Crippen LogP contribution in [0.25, 0.3) is 5.57 Å². The number of rotatable bonds is 2. The molecule has 0 spiro atoms. The Hall–Kier alpha value is -2.64. The number of ketones is 1. The molecule has 2 aliphatic rings. The van der Waals surface area contributed by atoms with E-state index in [4.69, 9.17) is 4.74 Å². The Morgan fingerprint density at radius 1 is 1.30 bits per heavy atom. The van der Waals surface area contributed by atoms with Gasteiger partial charge in [0.2, 0.25) is 0 Å². The first kappa shape index (κ1) is 15.3. The number of carbonyl (C=O) groups is 1. The molecule has 1 aromatic rings. The number of aryl methyl sites for hydroxylation is 1. The number of allylic oxidation sites excluding steroid dienone is 4. The maximum atomic E-state index is 12.1. The summed E-state index contributed by atoms with van der Waals surface area (Å²) < 4.78 is 5.28. The van der Waals surface area contributed by atoms with Crippen LogP contribution in [0.4, 0.5) is 0 Å². The van der Waals surface area contributed by atoms with Gasteiger partial charge in [0.15, 0.2) is 5.78 Å². The highest BCUT2D eigenvalue weighted by Crippen LogP contribution is 2.40. The summed E-state index contributed by atoms with van der Waals surface area (Å²) in [7, 11) is 3.37. The maximum Gasteiger partial charge on any atom is 0.169 e. The molecule has 0 saturated heterocycles. The van der Waals surface area contributed by atoms with Gasteiger partial charge in [-0.3, -0.25) is 4.79 Å². The third kappa shape index (κ3) is 2.60. The Balaban J connectivity index is 2.21. The molecule has 4 heteroatoms. The number of nitriles is 1. The van der Waals surface area contributed by atoms with Crippen LogP contribution in [0.5, 0.6) is 0 Å². The van der Waals surface area contributed by atoms with E-state index in [9.17, 15) is 10.1 Å². The second-order valence-electron chi connectivity index (χ2n) is 5.85. The van der Waals surface area contributed by atoms with Crippen molar-refractivity contribution in [3.8, 4) is 6.07 Å². The number of fused-ring (bicyclic) bond motifs is 1. The molecule has 1 unspecified atom stereocenters. The smallest absolute Gasteiger partial charge is 0.169 e. The van der Waals surface area contributed by atoms with Gasteiger partial charge < -0.3 is 9.64 Å². The number of carbonyl (C=O) groups excluding carboxylic acids is 1. The zero-order valence-electron chi connectivity index (χ0n) is 13.5. The first-order valence-electron chi connectivity index (χ1n) is 7.48. The molecule has 3 rings (SSSR count). The Kier molecular flexibility index (Phi) is 3.89. The van der Waals surface area contributed by atoms with Crippen molar-refractivity contribution < 1.29 is 9.53 Å². The number of hydrogen-bond donors (Lipinski definition) is 0. The van der Waals surface area contributed by atoms with Gasteiger partial charge in [0, 0.05) is 32.4 Å².